The summed E-state index contributed by atoms with van der Waals surface area (Å²) in [7, 11) is -3.82. The Morgan fingerprint density at radius 3 is 2.07 bits per heavy atom. The first-order valence-electron chi connectivity index (χ1n) is 9.20. The van der Waals surface area contributed by atoms with Crippen molar-refractivity contribution in [3.63, 3.8) is 0 Å². The first-order chi connectivity index (χ1) is 13.6. The molecule has 0 fully saturated rings. The van der Waals surface area contributed by atoms with E-state index in [1.165, 1.54) is 16.7 Å². The minimum absolute atomic E-state index is 0.0831. The lowest BCUT2D eigenvalue weighted by Crippen LogP contribution is -2.15. The molecule has 0 amide bonds. The van der Waals surface area contributed by atoms with Gasteiger partial charge in [-0.2, -0.15) is 0 Å². The fourth-order valence-corrected chi connectivity index (χ4v) is 3.66. The predicted octanol–water partition coefficient (Wildman–Crippen LogP) is 5.45. The van der Waals surface area contributed by atoms with Crippen LogP contribution in [0, 0.1) is 4.91 Å². The Bertz CT molecular complexity index is 959. The van der Waals surface area contributed by atoms with Crippen LogP contribution in [0.1, 0.15) is 12.0 Å². The molecule has 3 aromatic rings. The number of nitroso groups, excluding NO2 is 1. The molecule has 0 aliphatic heterocycles. The van der Waals surface area contributed by atoms with Crippen molar-refractivity contribution in [3.05, 3.63) is 89.3 Å². The van der Waals surface area contributed by atoms with Gasteiger partial charge in [0.05, 0.1) is 0 Å². The second kappa shape index (κ2) is 9.56. The van der Waals surface area contributed by atoms with Gasteiger partial charge in [0.25, 0.3) is 0 Å². The van der Waals surface area contributed by atoms with Crippen molar-refractivity contribution in [1.82, 2.24) is 5.32 Å². The zero-order chi connectivity index (χ0) is 19.8. The van der Waals surface area contributed by atoms with Crippen LogP contribution in [-0.4, -0.2) is 17.6 Å². The van der Waals surface area contributed by atoms with Gasteiger partial charge in [-0.3, -0.25) is 4.57 Å². The Morgan fingerprint density at radius 1 is 0.821 bits per heavy atom. The lowest BCUT2D eigenvalue weighted by Gasteiger charge is -2.08. The molecule has 1 unspecified atom stereocenters. The Morgan fingerprint density at radius 2 is 1.43 bits per heavy atom. The number of benzene rings is 3. The zero-order valence-electron chi connectivity index (χ0n) is 15.5. The molecular formula is C22H23N2O3P. The first-order valence-corrected chi connectivity index (χ1v) is 11.0. The van der Waals surface area contributed by atoms with Gasteiger partial charge in [-0.05, 0) is 46.8 Å². The van der Waals surface area contributed by atoms with Crippen molar-refractivity contribution in [2.45, 2.75) is 13.0 Å². The highest BCUT2D eigenvalue weighted by molar-refractivity contribution is 7.56. The molecule has 0 saturated carbocycles. The molecule has 28 heavy (non-hydrogen) atoms. The molecule has 0 spiro atoms. The van der Waals surface area contributed by atoms with E-state index in [2.05, 4.69) is 70.9 Å². The van der Waals surface area contributed by atoms with E-state index in [1.54, 1.807) is 0 Å². The Labute approximate surface area is 164 Å². The molecule has 0 aromatic heterocycles. The van der Waals surface area contributed by atoms with Crippen LogP contribution in [0.15, 0.2) is 83.8 Å². The van der Waals surface area contributed by atoms with Gasteiger partial charge >= 0.3 is 7.52 Å². The van der Waals surface area contributed by atoms with Crippen LogP contribution in [0.5, 0.6) is 0 Å². The highest BCUT2D eigenvalue weighted by atomic mass is 31.2. The van der Waals surface area contributed by atoms with Crippen LogP contribution in [0.2, 0.25) is 0 Å². The van der Waals surface area contributed by atoms with E-state index in [0.717, 1.165) is 11.1 Å². The van der Waals surface area contributed by atoms with Crippen LogP contribution in [0.3, 0.4) is 0 Å². The molecule has 144 valence electrons. The normalized spacial score (nSPS) is 13.0. The SMILES string of the molecule is O=NP(=O)(O)CCCNCc1ccc(-c2cccc(-c3ccccc3)c2)cc1. The fourth-order valence-electron chi connectivity index (χ4n) is 3.01. The van der Waals surface area contributed by atoms with Gasteiger partial charge in [-0.15, -0.1) is 4.91 Å². The van der Waals surface area contributed by atoms with Gasteiger partial charge in [-0.25, -0.2) is 0 Å². The van der Waals surface area contributed by atoms with Crippen LogP contribution in [-0.2, 0) is 11.1 Å². The van der Waals surface area contributed by atoms with Crippen molar-refractivity contribution in [2.24, 2.45) is 4.95 Å². The summed E-state index contributed by atoms with van der Waals surface area (Å²) < 4.78 is 11.2. The molecule has 0 bridgehead atoms. The van der Waals surface area contributed by atoms with Gasteiger partial charge < -0.3 is 10.2 Å². The molecule has 3 rings (SSSR count). The van der Waals surface area contributed by atoms with E-state index in [-0.39, 0.29) is 6.16 Å². The number of hydrogen-bond acceptors (Lipinski definition) is 3. The van der Waals surface area contributed by atoms with Crippen molar-refractivity contribution in [2.75, 3.05) is 12.7 Å². The number of nitrogens with one attached hydrogen (secondary N) is 1. The second-order valence-electron chi connectivity index (χ2n) is 6.64. The number of nitrogens with zero attached hydrogens (tertiary/aromatic N) is 1. The van der Waals surface area contributed by atoms with E-state index in [1.807, 2.05) is 18.2 Å². The van der Waals surface area contributed by atoms with E-state index in [9.17, 15) is 9.47 Å². The van der Waals surface area contributed by atoms with Gasteiger partial charge in [-0.1, -0.05) is 72.8 Å². The summed E-state index contributed by atoms with van der Waals surface area (Å²) in [5.74, 6) is 0. The molecule has 0 heterocycles. The molecule has 0 aliphatic rings. The topological polar surface area (TPSA) is 78.8 Å². The summed E-state index contributed by atoms with van der Waals surface area (Å²) in [6.07, 6.45) is 0.351. The van der Waals surface area contributed by atoms with Crippen molar-refractivity contribution in [3.8, 4) is 22.3 Å². The molecule has 1 atom stereocenters. The third-order valence-corrected chi connectivity index (χ3v) is 5.67. The summed E-state index contributed by atoms with van der Waals surface area (Å²) >= 11 is 0. The predicted molar refractivity (Wildman–Crippen MR) is 114 cm³/mol. The Hall–Kier alpha value is -2.59. The van der Waals surface area contributed by atoms with E-state index in [4.69, 9.17) is 4.89 Å². The third-order valence-electron chi connectivity index (χ3n) is 4.52. The summed E-state index contributed by atoms with van der Waals surface area (Å²) in [5.41, 5.74) is 5.83. The number of rotatable bonds is 9. The van der Waals surface area contributed by atoms with Gasteiger partial charge in [0.2, 0.25) is 0 Å². The smallest absolute Gasteiger partial charge is 0.326 e. The largest absolute Gasteiger partial charge is 0.350 e. The third kappa shape index (κ3) is 5.70. The zero-order valence-corrected chi connectivity index (χ0v) is 16.4. The summed E-state index contributed by atoms with van der Waals surface area (Å²) in [4.78, 5) is 21.6. The van der Waals surface area contributed by atoms with E-state index < -0.39 is 7.52 Å². The van der Waals surface area contributed by atoms with Gasteiger partial charge in [0, 0.05) is 17.7 Å². The maximum atomic E-state index is 11.2. The van der Waals surface area contributed by atoms with Crippen LogP contribution >= 0.6 is 7.52 Å². The summed E-state index contributed by atoms with van der Waals surface area (Å²) in [6.45, 7) is 1.22. The molecule has 5 nitrogen and oxygen atoms in total. The van der Waals surface area contributed by atoms with Crippen molar-refractivity contribution >= 4 is 7.52 Å². The second-order valence-corrected chi connectivity index (χ2v) is 8.58. The lowest BCUT2D eigenvalue weighted by molar-refractivity contribution is 0.476. The molecule has 3 aromatic carbocycles. The summed E-state index contributed by atoms with van der Waals surface area (Å²) in [5, 5.41) is 3.21. The highest BCUT2D eigenvalue weighted by Gasteiger charge is 2.16. The minimum atomic E-state index is -3.82. The van der Waals surface area contributed by atoms with Gasteiger partial charge in [0.1, 0.15) is 0 Å². The molecule has 0 radical (unpaired) electrons. The van der Waals surface area contributed by atoms with Crippen LogP contribution in [0.4, 0.5) is 0 Å². The highest BCUT2D eigenvalue weighted by Crippen LogP contribution is 2.41. The molecule has 2 N–H and O–H groups in total. The molecule has 0 saturated heterocycles. The van der Waals surface area contributed by atoms with Crippen LogP contribution < -0.4 is 5.32 Å². The maximum absolute atomic E-state index is 11.2. The first kappa shape index (κ1) is 20.2. The molecule has 6 heteroatoms. The van der Waals surface area contributed by atoms with E-state index in [0.29, 0.717) is 19.5 Å². The monoisotopic (exact) mass is 394 g/mol. The van der Waals surface area contributed by atoms with Gasteiger partial charge in [0.15, 0.2) is 0 Å². The molecular weight excluding hydrogens is 371 g/mol. The summed E-state index contributed by atoms with van der Waals surface area (Å²) in [6, 6.07) is 27.1. The lowest BCUT2D eigenvalue weighted by atomic mass is 9.98. The minimum Gasteiger partial charge on any atom is -0.326 e. The maximum Gasteiger partial charge on any atom is 0.350 e. The number of hydrogen-bond donors (Lipinski definition) is 2. The quantitative estimate of drug-likeness (QED) is 0.287. The average molecular weight is 394 g/mol. The standard InChI is InChI=1S/C22H23N2O3P/c25-24-28(26,27)15-5-14-23-17-18-10-12-20(13-11-18)22-9-4-8-21(16-22)19-6-2-1-3-7-19/h1-4,6-13,16,23H,5,14-15,17H2,(H,26,27). The van der Waals surface area contributed by atoms with Crippen molar-refractivity contribution < 1.29 is 9.46 Å². The van der Waals surface area contributed by atoms with E-state index >= 15 is 0 Å². The Kier molecular flexibility index (Phi) is 6.88. The van der Waals surface area contributed by atoms with Crippen LogP contribution in [0.25, 0.3) is 22.3 Å². The Balaban J connectivity index is 1.57. The fraction of sp³-hybridized carbons (Fsp3) is 0.182. The molecule has 0 aliphatic carbocycles. The average Bonchev–Trinajstić information content (AvgIpc) is 2.75. The van der Waals surface area contributed by atoms with Crippen molar-refractivity contribution in [1.29, 1.82) is 0 Å².